The number of hydrogen-bond donors (Lipinski definition) is 2. The van der Waals surface area contributed by atoms with Gasteiger partial charge in [0.1, 0.15) is 5.75 Å². The second-order valence-electron chi connectivity index (χ2n) is 7.47. The Bertz CT molecular complexity index is 886. The monoisotopic (exact) mass is 426 g/mol. The van der Waals surface area contributed by atoms with E-state index >= 15 is 0 Å². The molecule has 2 aromatic rings. The lowest BCUT2D eigenvalue weighted by Gasteiger charge is -2.22. The molecule has 8 nitrogen and oxygen atoms in total. The number of nitrogens with zero attached hydrogens (tertiary/aromatic N) is 2. The van der Waals surface area contributed by atoms with Gasteiger partial charge in [-0.3, -0.25) is 15.0 Å². The second-order valence-corrected chi connectivity index (χ2v) is 7.47. The lowest BCUT2D eigenvalue weighted by atomic mass is 10.1. The van der Waals surface area contributed by atoms with Gasteiger partial charge in [0, 0.05) is 26.3 Å². The molecule has 8 heteroatoms. The molecule has 0 bridgehead atoms. The molecule has 2 N–H and O–H groups in total. The van der Waals surface area contributed by atoms with E-state index < -0.39 is 12.1 Å². The number of para-hydroxylation sites is 3. The first-order valence-electron chi connectivity index (χ1n) is 10.2. The molecule has 0 fully saturated rings. The topological polar surface area (TPSA) is 91.0 Å². The molecular weight excluding hydrogens is 396 g/mol. The van der Waals surface area contributed by atoms with Crippen molar-refractivity contribution in [3.63, 3.8) is 0 Å². The zero-order valence-corrected chi connectivity index (χ0v) is 18.4. The highest BCUT2D eigenvalue weighted by Gasteiger charge is 2.19. The Morgan fingerprint density at radius 3 is 2.26 bits per heavy atom. The van der Waals surface area contributed by atoms with Gasteiger partial charge in [0.05, 0.1) is 5.69 Å². The van der Waals surface area contributed by atoms with E-state index in [0.29, 0.717) is 23.9 Å². The number of amides is 5. The summed E-state index contributed by atoms with van der Waals surface area (Å²) >= 11 is 0. The third-order valence-corrected chi connectivity index (χ3v) is 4.63. The summed E-state index contributed by atoms with van der Waals surface area (Å²) in [5.74, 6) is 0.569. The van der Waals surface area contributed by atoms with Crippen LogP contribution in [0.3, 0.4) is 0 Å². The summed E-state index contributed by atoms with van der Waals surface area (Å²) in [5, 5.41) is 4.94. The second kappa shape index (κ2) is 11.6. The van der Waals surface area contributed by atoms with Gasteiger partial charge in [-0.2, -0.15) is 0 Å². The smallest absolute Gasteiger partial charge is 0.329 e. The van der Waals surface area contributed by atoms with Crippen LogP contribution in [0.2, 0.25) is 0 Å². The Morgan fingerprint density at radius 1 is 0.935 bits per heavy atom. The van der Waals surface area contributed by atoms with Crippen molar-refractivity contribution in [2.75, 3.05) is 37.0 Å². The van der Waals surface area contributed by atoms with Crippen LogP contribution in [0.4, 0.5) is 21.0 Å². The highest BCUT2D eigenvalue weighted by Crippen LogP contribution is 2.27. The summed E-state index contributed by atoms with van der Waals surface area (Å²) in [6.07, 6.45) is 0.819. The summed E-state index contributed by atoms with van der Waals surface area (Å²) in [4.78, 5) is 39.6. The van der Waals surface area contributed by atoms with Gasteiger partial charge in [0.25, 0.3) is 5.91 Å². The Balaban J connectivity index is 1.96. The normalized spacial score (nSPS) is 10.4. The number of carbonyl (C=O) groups excluding carboxylic acids is 3. The van der Waals surface area contributed by atoms with Crippen LogP contribution in [0, 0.1) is 5.92 Å². The van der Waals surface area contributed by atoms with Crippen molar-refractivity contribution < 1.29 is 19.1 Å². The maximum Gasteiger partial charge on any atom is 0.329 e. The Kier molecular flexibility index (Phi) is 8.87. The van der Waals surface area contributed by atoms with Crippen LogP contribution in [0.15, 0.2) is 54.6 Å². The van der Waals surface area contributed by atoms with Gasteiger partial charge >= 0.3 is 12.1 Å². The van der Waals surface area contributed by atoms with Crippen molar-refractivity contribution >= 4 is 29.3 Å². The van der Waals surface area contributed by atoms with Gasteiger partial charge in [-0.25, -0.2) is 9.59 Å². The summed E-state index contributed by atoms with van der Waals surface area (Å²) < 4.78 is 5.70. The fourth-order valence-electron chi connectivity index (χ4n) is 2.70. The summed E-state index contributed by atoms with van der Waals surface area (Å²) in [6, 6.07) is 14.9. The van der Waals surface area contributed by atoms with Gasteiger partial charge in [-0.05, 0) is 36.6 Å². The molecule has 0 heterocycles. The standard InChI is InChI=1S/C23H30N4O4/c1-17(2)14-15-24-22(29)25-23(30)27(4)19-12-8-9-13-20(19)31-16-21(28)26(3)18-10-6-5-7-11-18/h5-13,17H,14-16H2,1-4H3,(H2,24,25,29,30). The van der Waals surface area contributed by atoms with Gasteiger partial charge in [-0.1, -0.05) is 44.2 Å². The SMILES string of the molecule is CC(C)CCNC(=O)NC(=O)N(C)c1ccccc1OCC(=O)N(C)c1ccccc1. The summed E-state index contributed by atoms with van der Waals surface area (Å²) in [7, 11) is 3.20. The minimum Gasteiger partial charge on any atom is -0.482 e. The fourth-order valence-corrected chi connectivity index (χ4v) is 2.70. The molecule has 5 amide bonds. The molecule has 0 aliphatic heterocycles. The van der Waals surface area contributed by atoms with E-state index in [1.54, 1.807) is 31.3 Å². The molecule has 2 rings (SSSR count). The van der Waals surface area contributed by atoms with E-state index in [9.17, 15) is 14.4 Å². The van der Waals surface area contributed by atoms with E-state index in [1.165, 1.54) is 16.8 Å². The van der Waals surface area contributed by atoms with Crippen LogP contribution in [-0.2, 0) is 4.79 Å². The number of rotatable bonds is 8. The van der Waals surface area contributed by atoms with E-state index in [2.05, 4.69) is 24.5 Å². The molecule has 0 aliphatic carbocycles. The van der Waals surface area contributed by atoms with Crippen molar-refractivity contribution in [2.24, 2.45) is 5.92 Å². The maximum absolute atomic E-state index is 12.5. The number of carbonyl (C=O) groups is 3. The number of benzene rings is 2. The summed E-state index contributed by atoms with van der Waals surface area (Å²) in [6.45, 7) is 4.39. The first kappa shape index (κ1) is 23.7. The van der Waals surface area contributed by atoms with Gasteiger partial charge in [0.2, 0.25) is 0 Å². The third kappa shape index (κ3) is 7.33. The lowest BCUT2D eigenvalue weighted by molar-refractivity contribution is -0.120. The number of urea groups is 2. The lowest BCUT2D eigenvalue weighted by Crippen LogP contribution is -2.46. The number of hydrogen-bond acceptors (Lipinski definition) is 4. The van der Waals surface area contributed by atoms with Gasteiger partial charge < -0.3 is 15.0 Å². The number of ether oxygens (including phenoxy) is 1. The Labute approximate surface area is 183 Å². The molecule has 0 saturated heterocycles. The van der Waals surface area contributed by atoms with Crippen LogP contribution in [0.25, 0.3) is 0 Å². The first-order valence-corrected chi connectivity index (χ1v) is 10.2. The molecule has 0 aliphatic rings. The molecule has 31 heavy (non-hydrogen) atoms. The fraction of sp³-hybridized carbons (Fsp3) is 0.348. The number of imide groups is 1. The predicted octanol–water partition coefficient (Wildman–Crippen LogP) is 3.63. The number of likely N-dealkylation sites (N-methyl/N-ethyl adjacent to an activating group) is 1. The van der Waals surface area contributed by atoms with Crippen LogP contribution in [-0.4, -0.2) is 45.2 Å². The predicted molar refractivity (Wildman–Crippen MR) is 122 cm³/mol. The molecule has 166 valence electrons. The molecule has 0 radical (unpaired) electrons. The molecule has 0 spiro atoms. The van der Waals surface area contributed by atoms with Gasteiger partial charge in [-0.15, -0.1) is 0 Å². The highest BCUT2D eigenvalue weighted by molar-refractivity contribution is 6.02. The minimum absolute atomic E-state index is 0.201. The molecular formula is C23H30N4O4. The minimum atomic E-state index is -0.606. The van der Waals surface area contributed by atoms with E-state index in [1.807, 2.05) is 30.3 Å². The molecule has 0 saturated carbocycles. The number of nitrogens with one attached hydrogen (secondary N) is 2. The van der Waals surface area contributed by atoms with E-state index in [-0.39, 0.29) is 12.5 Å². The van der Waals surface area contributed by atoms with Crippen molar-refractivity contribution in [1.29, 1.82) is 0 Å². The number of anilines is 2. The Morgan fingerprint density at radius 2 is 1.58 bits per heavy atom. The zero-order valence-electron chi connectivity index (χ0n) is 18.4. The molecule has 0 aromatic heterocycles. The van der Waals surface area contributed by atoms with Crippen LogP contribution in [0.5, 0.6) is 5.75 Å². The maximum atomic E-state index is 12.5. The van der Waals surface area contributed by atoms with Crippen LogP contribution in [0.1, 0.15) is 20.3 Å². The average molecular weight is 427 g/mol. The average Bonchev–Trinajstić information content (AvgIpc) is 2.76. The quantitative estimate of drug-likeness (QED) is 0.674. The molecule has 0 unspecified atom stereocenters. The molecule has 0 atom stereocenters. The summed E-state index contributed by atoms with van der Waals surface area (Å²) in [5.41, 5.74) is 1.19. The van der Waals surface area contributed by atoms with Crippen molar-refractivity contribution in [3.8, 4) is 5.75 Å². The van der Waals surface area contributed by atoms with Gasteiger partial charge in [0.15, 0.2) is 6.61 Å². The molecule has 2 aromatic carbocycles. The Hall–Kier alpha value is -3.55. The van der Waals surface area contributed by atoms with E-state index in [4.69, 9.17) is 4.74 Å². The van der Waals surface area contributed by atoms with Crippen LogP contribution >= 0.6 is 0 Å². The largest absolute Gasteiger partial charge is 0.482 e. The van der Waals surface area contributed by atoms with Crippen LogP contribution < -0.4 is 25.2 Å². The highest BCUT2D eigenvalue weighted by atomic mass is 16.5. The third-order valence-electron chi connectivity index (χ3n) is 4.63. The zero-order chi connectivity index (χ0) is 22.8. The van der Waals surface area contributed by atoms with Crippen molar-refractivity contribution in [3.05, 3.63) is 54.6 Å². The van der Waals surface area contributed by atoms with Crippen molar-refractivity contribution in [2.45, 2.75) is 20.3 Å². The first-order chi connectivity index (χ1) is 14.8. The van der Waals surface area contributed by atoms with Crippen molar-refractivity contribution in [1.82, 2.24) is 10.6 Å². The van der Waals surface area contributed by atoms with E-state index in [0.717, 1.165) is 12.1 Å².